The molecular weight excluding hydrogens is 815 g/mol. The Labute approximate surface area is 387 Å². The summed E-state index contributed by atoms with van der Waals surface area (Å²) < 4.78 is 0. The van der Waals surface area contributed by atoms with Crippen LogP contribution in [0, 0.1) is 0 Å². The molecule has 14 rings (SSSR count). The molecule has 0 radical (unpaired) electrons. The largest absolute Gasteiger partial charge is 0.247 e. The molecule has 12 aromatic rings. The van der Waals surface area contributed by atoms with Crippen molar-refractivity contribution in [3.05, 3.63) is 259 Å². The van der Waals surface area contributed by atoms with E-state index < -0.39 is 5.41 Å². The zero-order chi connectivity index (χ0) is 43.3. The van der Waals surface area contributed by atoms with E-state index in [4.69, 9.17) is 4.98 Å². The van der Waals surface area contributed by atoms with Gasteiger partial charge in [0.15, 0.2) is 0 Å². The molecule has 0 unspecified atom stereocenters. The Hall–Kier alpha value is -8.04. The third-order valence-electron chi connectivity index (χ3n) is 14.3. The summed E-state index contributed by atoms with van der Waals surface area (Å²) in [5.41, 5.74) is 18.0. The lowest BCUT2D eigenvalue weighted by Gasteiger charge is -2.40. The van der Waals surface area contributed by atoms with E-state index in [1.54, 1.807) is 0 Å². The fraction of sp³-hybridized carbons (Fsp3) is 0.0156. The van der Waals surface area contributed by atoms with Crippen molar-refractivity contribution >= 4 is 55.0 Å². The summed E-state index contributed by atoms with van der Waals surface area (Å²) in [5.74, 6) is 0. The predicted octanol–water partition coefficient (Wildman–Crippen LogP) is 17.2. The number of hydrogen-bond donors (Lipinski definition) is 0. The van der Waals surface area contributed by atoms with Gasteiger partial charge in [-0.1, -0.05) is 224 Å². The number of para-hydroxylation sites is 1. The Bertz CT molecular complexity index is 3840. The molecule has 306 valence electrons. The van der Waals surface area contributed by atoms with Crippen molar-refractivity contribution in [2.24, 2.45) is 0 Å². The summed E-state index contributed by atoms with van der Waals surface area (Å²) in [6.45, 7) is 0. The van der Waals surface area contributed by atoms with Gasteiger partial charge in [0.25, 0.3) is 0 Å². The minimum Gasteiger partial charge on any atom is -0.247 e. The van der Waals surface area contributed by atoms with Gasteiger partial charge in [-0.15, -0.1) is 0 Å². The van der Waals surface area contributed by atoms with Crippen LogP contribution in [0.3, 0.4) is 0 Å². The second-order valence-corrected chi connectivity index (χ2v) is 18.8. The highest BCUT2D eigenvalue weighted by Gasteiger charge is 2.50. The average Bonchev–Trinajstić information content (AvgIpc) is 3.68. The zero-order valence-corrected chi connectivity index (χ0v) is 36.7. The van der Waals surface area contributed by atoms with E-state index in [-0.39, 0.29) is 0 Å². The minimum atomic E-state index is -0.447. The number of pyridine rings is 1. The Morgan fingerprint density at radius 2 is 0.742 bits per heavy atom. The second-order valence-electron chi connectivity index (χ2n) is 17.7. The van der Waals surface area contributed by atoms with E-state index in [1.165, 1.54) is 114 Å². The second kappa shape index (κ2) is 14.5. The standard InChI is InChI=1S/C64H39NS/c1-2-16-40(17-3-1)41-30-32-42(33-31-41)61-48-21-4-6-23-50(48)62(51-24-7-5-22-49(51)61)43-34-36-44(37-35-43)63-53-39-60-57(38-52(53)47-20-10-14-28-58(47)65-63)64(56-27-13-15-29-59(56)66-60)54-25-11-8-18-45(54)46-19-9-12-26-55(46)64/h1-39H. The molecule has 0 bridgehead atoms. The molecule has 0 saturated heterocycles. The van der Waals surface area contributed by atoms with Crippen LogP contribution in [-0.2, 0) is 5.41 Å². The third kappa shape index (κ3) is 5.34. The van der Waals surface area contributed by atoms with Crippen LogP contribution in [0.1, 0.15) is 22.3 Å². The first-order chi connectivity index (χ1) is 32.7. The summed E-state index contributed by atoms with van der Waals surface area (Å²) in [7, 11) is 0. The van der Waals surface area contributed by atoms with Crippen molar-refractivity contribution in [1.82, 2.24) is 4.98 Å². The fourth-order valence-corrected chi connectivity index (χ4v) is 12.7. The fourth-order valence-electron chi connectivity index (χ4n) is 11.5. The number of rotatable bonds is 4. The van der Waals surface area contributed by atoms with Gasteiger partial charge in [0, 0.05) is 26.1 Å². The lowest BCUT2D eigenvalue weighted by Crippen LogP contribution is -2.32. The summed E-state index contributed by atoms with van der Waals surface area (Å²) >= 11 is 1.89. The first kappa shape index (κ1) is 37.3. The maximum absolute atomic E-state index is 5.49. The van der Waals surface area contributed by atoms with Gasteiger partial charge in [0.2, 0.25) is 0 Å². The summed E-state index contributed by atoms with van der Waals surface area (Å²) in [6, 6.07) is 87.5. The smallest absolute Gasteiger partial charge is 0.0788 e. The lowest BCUT2D eigenvalue weighted by molar-refractivity contribution is 0.724. The predicted molar refractivity (Wildman–Crippen MR) is 277 cm³/mol. The van der Waals surface area contributed by atoms with E-state index >= 15 is 0 Å². The summed E-state index contributed by atoms with van der Waals surface area (Å²) in [6.07, 6.45) is 0. The molecule has 2 heterocycles. The Balaban J connectivity index is 0.952. The molecule has 0 atom stereocenters. The topological polar surface area (TPSA) is 12.9 Å². The van der Waals surface area contributed by atoms with Crippen LogP contribution in [0.15, 0.2) is 246 Å². The number of hydrogen-bond acceptors (Lipinski definition) is 2. The first-order valence-electron chi connectivity index (χ1n) is 22.8. The van der Waals surface area contributed by atoms with Crippen LogP contribution in [0.4, 0.5) is 0 Å². The summed E-state index contributed by atoms with van der Waals surface area (Å²) in [4.78, 5) is 8.06. The molecule has 2 aliphatic rings. The maximum Gasteiger partial charge on any atom is 0.0788 e. The number of benzene rings is 11. The Morgan fingerprint density at radius 3 is 1.35 bits per heavy atom. The molecule has 11 aromatic carbocycles. The van der Waals surface area contributed by atoms with Crippen LogP contribution in [-0.4, -0.2) is 4.98 Å². The Kier molecular flexibility index (Phi) is 8.20. The van der Waals surface area contributed by atoms with Crippen LogP contribution >= 0.6 is 11.8 Å². The van der Waals surface area contributed by atoms with Gasteiger partial charge in [-0.05, 0) is 118 Å². The van der Waals surface area contributed by atoms with Crippen molar-refractivity contribution in [3.8, 4) is 55.8 Å². The van der Waals surface area contributed by atoms with Gasteiger partial charge >= 0.3 is 0 Å². The molecule has 0 amide bonds. The molecule has 0 saturated carbocycles. The van der Waals surface area contributed by atoms with Gasteiger partial charge in [0.05, 0.1) is 16.6 Å². The average molecular weight is 854 g/mol. The third-order valence-corrected chi connectivity index (χ3v) is 15.5. The van der Waals surface area contributed by atoms with E-state index in [0.717, 1.165) is 16.8 Å². The van der Waals surface area contributed by atoms with Gasteiger partial charge in [-0.3, -0.25) is 0 Å². The highest BCUT2D eigenvalue weighted by Crippen LogP contribution is 2.63. The van der Waals surface area contributed by atoms with Gasteiger partial charge in [0.1, 0.15) is 0 Å². The summed E-state index contributed by atoms with van der Waals surface area (Å²) in [5, 5.41) is 8.55. The van der Waals surface area contributed by atoms with E-state index in [0.29, 0.717) is 0 Å². The van der Waals surface area contributed by atoms with Crippen molar-refractivity contribution in [3.63, 3.8) is 0 Å². The van der Waals surface area contributed by atoms with Gasteiger partial charge < -0.3 is 0 Å². The molecule has 1 aliphatic carbocycles. The zero-order valence-electron chi connectivity index (χ0n) is 35.9. The van der Waals surface area contributed by atoms with Crippen molar-refractivity contribution in [2.75, 3.05) is 0 Å². The van der Waals surface area contributed by atoms with Crippen LogP contribution in [0.2, 0.25) is 0 Å². The molecule has 1 nitrogen and oxygen atoms in total. The van der Waals surface area contributed by atoms with E-state index in [9.17, 15) is 0 Å². The quantitative estimate of drug-likeness (QED) is 0.129. The number of fused-ring (bicyclic) bond motifs is 14. The monoisotopic (exact) mass is 853 g/mol. The van der Waals surface area contributed by atoms with E-state index in [2.05, 4.69) is 237 Å². The molecule has 0 fully saturated rings. The molecule has 2 heteroatoms. The molecular formula is C64H39NS. The van der Waals surface area contributed by atoms with Crippen molar-refractivity contribution < 1.29 is 0 Å². The highest BCUT2D eigenvalue weighted by atomic mass is 32.2. The molecule has 66 heavy (non-hydrogen) atoms. The maximum atomic E-state index is 5.49. The molecule has 1 spiro atoms. The van der Waals surface area contributed by atoms with Crippen LogP contribution < -0.4 is 0 Å². The minimum absolute atomic E-state index is 0.447. The SMILES string of the molecule is c1ccc(-c2ccc(-c3c4ccccc4c(-c4ccc(-c5nc6ccccc6c6cc7c(cc56)Sc5ccccc5C75c6ccccc6-c6ccccc65)cc4)c4ccccc34)cc2)cc1. The highest BCUT2D eigenvalue weighted by molar-refractivity contribution is 7.99. The number of nitrogens with zero attached hydrogens (tertiary/aromatic N) is 1. The molecule has 1 aliphatic heterocycles. The van der Waals surface area contributed by atoms with Crippen LogP contribution in [0.25, 0.3) is 99.0 Å². The molecule has 1 aromatic heterocycles. The Morgan fingerprint density at radius 1 is 0.288 bits per heavy atom. The lowest BCUT2D eigenvalue weighted by atomic mass is 9.67. The normalized spacial score (nSPS) is 13.2. The van der Waals surface area contributed by atoms with Crippen LogP contribution in [0.5, 0.6) is 0 Å². The molecule has 0 N–H and O–H groups in total. The van der Waals surface area contributed by atoms with Crippen molar-refractivity contribution in [1.29, 1.82) is 0 Å². The van der Waals surface area contributed by atoms with Gasteiger partial charge in [-0.25, -0.2) is 4.98 Å². The number of aromatic nitrogens is 1. The first-order valence-corrected chi connectivity index (χ1v) is 23.6. The van der Waals surface area contributed by atoms with Crippen molar-refractivity contribution in [2.45, 2.75) is 15.2 Å². The van der Waals surface area contributed by atoms with E-state index in [1.807, 2.05) is 11.8 Å². The van der Waals surface area contributed by atoms with Gasteiger partial charge in [-0.2, -0.15) is 0 Å².